The van der Waals surface area contributed by atoms with Crippen LogP contribution in [-0.2, 0) is 10.2 Å². The predicted molar refractivity (Wildman–Crippen MR) is 83.2 cm³/mol. The topological polar surface area (TPSA) is 123 Å². The number of carboxylic acid groups (broad SMARTS) is 1. The van der Waals surface area contributed by atoms with Crippen LogP contribution in [0.2, 0.25) is 0 Å². The monoisotopic (exact) mass is 315 g/mol. The Bertz CT molecular complexity index is 567. The lowest BCUT2D eigenvalue weighted by Crippen LogP contribution is -2.41. The number of aromatic nitrogens is 3. The van der Waals surface area contributed by atoms with E-state index < -0.39 is 23.0 Å². The van der Waals surface area contributed by atoms with Crippen LogP contribution < -0.4 is 16.7 Å². The summed E-state index contributed by atoms with van der Waals surface area (Å²) in [5, 5.41) is 19.5. The van der Waals surface area contributed by atoms with Crippen LogP contribution in [0.5, 0.6) is 0 Å². The summed E-state index contributed by atoms with van der Waals surface area (Å²) in [4.78, 5) is 23.3. The molecule has 0 radical (unpaired) electrons. The molecule has 1 unspecified atom stereocenters. The Morgan fingerprint density at radius 1 is 1.48 bits per heavy atom. The number of nitrogens with two attached hydrogens (primary N) is 1. The van der Waals surface area contributed by atoms with Crippen molar-refractivity contribution in [2.75, 3.05) is 23.2 Å². The van der Waals surface area contributed by atoms with Gasteiger partial charge in [-0.3, -0.25) is 4.79 Å². The molecule has 9 heteroatoms. The molecule has 21 heavy (non-hydrogen) atoms. The van der Waals surface area contributed by atoms with Gasteiger partial charge < -0.3 is 16.3 Å². The molecule has 0 amide bonds. The second-order valence-electron chi connectivity index (χ2n) is 5.61. The van der Waals surface area contributed by atoms with Crippen LogP contribution in [0.15, 0.2) is 4.79 Å². The van der Waals surface area contributed by atoms with E-state index in [1.54, 1.807) is 0 Å². The van der Waals surface area contributed by atoms with E-state index in [0.717, 1.165) is 4.68 Å². The lowest BCUT2D eigenvalue weighted by atomic mass is 9.93. The Morgan fingerprint density at radius 2 is 2.10 bits per heavy atom. The minimum Gasteiger partial charge on any atom is -0.480 e. The third-order valence-corrected chi connectivity index (χ3v) is 3.46. The molecule has 0 aliphatic carbocycles. The highest BCUT2D eigenvalue weighted by molar-refractivity contribution is 7.98. The first-order valence-electron chi connectivity index (χ1n) is 6.42. The zero-order valence-corrected chi connectivity index (χ0v) is 13.4. The third kappa shape index (κ3) is 4.35. The van der Waals surface area contributed by atoms with Gasteiger partial charge in [0.25, 0.3) is 5.56 Å². The van der Waals surface area contributed by atoms with Gasteiger partial charge in [-0.1, -0.05) is 20.8 Å². The second kappa shape index (κ2) is 6.79. The molecule has 8 nitrogen and oxygen atoms in total. The number of rotatable bonds is 6. The largest absolute Gasteiger partial charge is 0.480 e. The second-order valence-corrected chi connectivity index (χ2v) is 6.60. The van der Waals surface area contributed by atoms with Crippen LogP contribution in [0.4, 0.5) is 5.95 Å². The number of anilines is 1. The van der Waals surface area contributed by atoms with Crippen molar-refractivity contribution in [1.29, 1.82) is 0 Å². The minimum atomic E-state index is -1.03. The van der Waals surface area contributed by atoms with Crippen molar-refractivity contribution < 1.29 is 9.90 Å². The third-order valence-electron chi connectivity index (χ3n) is 2.82. The Morgan fingerprint density at radius 3 is 2.57 bits per heavy atom. The molecule has 0 saturated carbocycles. The van der Waals surface area contributed by atoms with Gasteiger partial charge in [-0.15, -0.1) is 10.2 Å². The molecule has 1 heterocycles. The van der Waals surface area contributed by atoms with Gasteiger partial charge in [-0.2, -0.15) is 16.4 Å². The van der Waals surface area contributed by atoms with Crippen LogP contribution >= 0.6 is 11.8 Å². The van der Waals surface area contributed by atoms with Gasteiger partial charge >= 0.3 is 5.97 Å². The molecule has 1 aromatic rings. The number of aliphatic carboxylic acids is 1. The minimum absolute atomic E-state index is 0.0542. The first kappa shape index (κ1) is 17.3. The summed E-state index contributed by atoms with van der Waals surface area (Å²) in [6.45, 7) is 5.47. The maximum Gasteiger partial charge on any atom is 0.326 e. The van der Waals surface area contributed by atoms with Crippen molar-refractivity contribution in [3.05, 3.63) is 16.0 Å². The van der Waals surface area contributed by atoms with Crippen LogP contribution in [0.1, 0.15) is 32.9 Å². The fourth-order valence-electron chi connectivity index (χ4n) is 1.62. The quantitative estimate of drug-likeness (QED) is 0.639. The maximum atomic E-state index is 12.1. The van der Waals surface area contributed by atoms with E-state index in [9.17, 15) is 9.59 Å². The predicted octanol–water partition coefficient (Wildman–Crippen LogP) is 0.268. The summed E-state index contributed by atoms with van der Waals surface area (Å²) in [5.41, 5.74) is -0.755. The van der Waals surface area contributed by atoms with Crippen LogP contribution in [-0.4, -0.2) is 44.0 Å². The normalized spacial score (nSPS) is 13.0. The van der Waals surface area contributed by atoms with E-state index in [1.807, 2.05) is 27.0 Å². The number of nitrogens with zero attached hydrogens (tertiary/aromatic N) is 3. The van der Waals surface area contributed by atoms with Crippen LogP contribution in [0.3, 0.4) is 0 Å². The first-order valence-corrected chi connectivity index (χ1v) is 7.81. The SMILES string of the molecule is CSCCC(Nc1nnc(C(C)(C)C)c(=O)n1N)C(=O)O. The van der Waals surface area contributed by atoms with Gasteiger partial charge in [0.1, 0.15) is 11.7 Å². The smallest absolute Gasteiger partial charge is 0.326 e. The average molecular weight is 315 g/mol. The zero-order valence-electron chi connectivity index (χ0n) is 12.6. The Hall–Kier alpha value is -1.77. The van der Waals surface area contributed by atoms with Gasteiger partial charge in [0.15, 0.2) is 0 Å². The molecular formula is C12H21N5O3S. The Balaban J connectivity index is 3.07. The molecule has 0 aliphatic rings. The number of nitrogens with one attached hydrogen (secondary N) is 1. The fourth-order valence-corrected chi connectivity index (χ4v) is 2.09. The molecule has 1 rings (SSSR count). The summed E-state index contributed by atoms with van der Waals surface area (Å²) in [7, 11) is 0. The fraction of sp³-hybridized carbons (Fsp3) is 0.667. The van der Waals surface area contributed by atoms with Crippen molar-refractivity contribution >= 4 is 23.7 Å². The summed E-state index contributed by atoms with van der Waals surface area (Å²) in [6.07, 6.45) is 2.27. The van der Waals surface area contributed by atoms with E-state index >= 15 is 0 Å². The summed E-state index contributed by atoms with van der Waals surface area (Å²) in [6, 6.07) is -0.874. The number of nitrogen functional groups attached to an aromatic ring is 1. The standard InChI is InChI=1S/C12H21N5O3S/c1-12(2,3)8-9(18)17(13)11(16-15-8)14-7(10(19)20)5-6-21-4/h7H,5-6,13H2,1-4H3,(H,14,16)(H,19,20). The molecule has 4 N–H and O–H groups in total. The van der Waals surface area contributed by atoms with Crippen LogP contribution in [0.25, 0.3) is 0 Å². The van der Waals surface area contributed by atoms with E-state index in [4.69, 9.17) is 10.9 Å². The number of hydrogen-bond donors (Lipinski definition) is 3. The van der Waals surface area contributed by atoms with Gasteiger partial charge in [-0.25, -0.2) is 4.79 Å². The number of hydrogen-bond acceptors (Lipinski definition) is 7. The molecule has 0 saturated heterocycles. The lowest BCUT2D eigenvalue weighted by molar-refractivity contribution is -0.137. The molecule has 1 atom stereocenters. The molecule has 0 bridgehead atoms. The lowest BCUT2D eigenvalue weighted by Gasteiger charge is -2.19. The van der Waals surface area contributed by atoms with Gasteiger partial charge in [0.2, 0.25) is 5.95 Å². The van der Waals surface area contributed by atoms with Gasteiger partial charge in [0.05, 0.1) is 0 Å². The molecule has 0 aliphatic heterocycles. The number of carbonyl (C=O) groups is 1. The molecule has 0 spiro atoms. The van der Waals surface area contributed by atoms with Crippen molar-refractivity contribution in [2.24, 2.45) is 0 Å². The average Bonchev–Trinajstić information content (AvgIpc) is 2.37. The van der Waals surface area contributed by atoms with E-state index in [0.29, 0.717) is 12.2 Å². The van der Waals surface area contributed by atoms with E-state index in [-0.39, 0.29) is 11.6 Å². The van der Waals surface area contributed by atoms with Gasteiger partial charge in [-0.05, 0) is 18.4 Å². The zero-order chi connectivity index (χ0) is 16.2. The molecule has 0 aromatic carbocycles. The number of carboxylic acids is 1. The Kier molecular flexibility index (Phi) is 5.59. The van der Waals surface area contributed by atoms with Gasteiger partial charge in [0, 0.05) is 5.41 Å². The molecule has 1 aromatic heterocycles. The maximum absolute atomic E-state index is 12.1. The van der Waals surface area contributed by atoms with E-state index in [2.05, 4.69) is 15.5 Å². The first-order chi connectivity index (χ1) is 9.68. The highest BCUT2D eigenvalue weighted by atomic mass is 32.2. The summed E-state index contributed by atoms with van der Waals surface area (Å²) < 4.78 is 0.808. The molecule has 118 valence electrons. The van der Waals surface area contributed by atoms with Crippen molar-refractivity contribution in [1.82, 2.24) is 14.9 Å². The van der Waals surface area contributed by atoms with Crippen molar-refractivity contribution in [2.45, 2.75) is 38.6 Å². The Labute approximate surface area is 127 Å². The van der Waals surface area contributed by atoms with Crippen molar-refractivity contribution in [3.63, 3.8) is 0 Å². The number of thioether (sulfide) groups is 1. The summed E-state index contributed by atoms with van der Waals surface area (Å²) >= 11 is 1.53. The summed E-state index contributed by atoms with van der Waals surface area (Å²) in [5.74, 6) is 5.27. The van der Waals surface area contributed by atoms with Crippen LogP contribution in [0, 0.1) is 0 Å². The van der Waals surface area contributed by atoms with E-state index in [1.165, 1.54) is 11.8 Å². The van der Waals surface area contributed by atoms with Crippen molar-refractivity contribution in [3.8, 4) is 0 Å². The molecule has 0 fully saturated rings. The molecular weight excluding hydrogens is 294 g/mol. The highest BCUT2D eigenvalue weighted by Gasteiger charge is 2.24. The highest BCUT2D eigenvalue weighted by Crippen LogP contribution is 2.16.